The Morgan fingerprint density at radius 2 is 1.72 bits per heavy atom. The summed E-state index contributed by atoms with van der Waals surface area (Å²) in [5.41, 5.74) is 9.86. The Morgan fingerprint density at radius 3 is 2.44 bits per heavy atom. The van der Waals surface area contributed by atoms with E-state index in [-0.39, 0.29) is 0 Å². The van der Waals surface area contributed by atoms with Gasteiger partial charge in [-0.2, -0.15) is 0 Å². The Kier molecular flexibility index (Phi) is 5.36. The van der Waals surface area contributed by atoms with E-state index < -0.39 is 0 Å². The van der Waals surface area contributed by atoms with Crippen molar-refractivity contribution in [3.8, 4) is 0 Å². The van der Waals surface area contributed by atoms with Crippen molar-refractivity contribution in [1.29, 1.82) is 0 Å². The minimum atomic E-state index is 0.467. The zero-order chi connectivity index (χ0) is 17.6. The normalized spacial score (nSPS) is 10.5. The van der Waals surface area contributed by atoms with Gasteiger partial charge in [-0.3, -0.25) is 0 Å². The zero-order valence-corrected chi connectivity index (χ0v) is 14.7. The highest BCUT2D eigenvalue weighted by Gasteiger charge is 2.09. The molecule has 3 rings (SSSR count). The van der Waals surface area contributed by atoms with Gasteiger partial charge in [-0.1, -0.05) is 48.9 Å². The van der Waals surface area contributed by atoms with Crippen molar-refractivity contribution < 1.29 is 0 Å². The van der Waals surface area contributed by atoms with Crippen LogP contribution in [0.5, 0.6) is 0 Å². The lowest BCUT2D eigenvalue weighted by Crippen LogP contribution is -2.08. The maximum atomic E-state index is 6.21. The molecular formula is C19H20ClN5. The van der Waals surface area contributed by atoms with Gasteiger partial charge in [0, 0.05) is 17.3 Å². The smallest absolute Gasteiger partial charge is 0.159 e. The summed E-state index contributed by atoms with van der Waals surface area (Å²) in [5, 5.41) is 7.15. The average molecular weight is 354 g/mol. The van der Waals surface area contributed by atoms with Crippen molar-refractivity contribution in [2.24, 2.45) is 0 Å². The molecule has 0 unspecified atom stereocenters. The van der Waals surface area contributed by atoms with Gasteiger partial charge in [0.2, 0.25) is 0 Å². The number of hydrogen-bond donors (Lipinski definition) is 3. The number of hydrogen-bond acceptors (Lipinski definition) is 5. The number of nitrogens with two attached hydrogens (primary N) is 1. The van der Waals surface area contributed by atoms with Crippen molar-refractivity contribution in [2.45, 2.75) is 19.9 Å². The molecule has 0 aliphatic rings. The van der Waals surface area contributed by atoms with Gasteiger partial charge in [-0.25, -0.2) is 9.97 Å². The first-order chi connectivity index (χ1) is 12.2. The third-order valence-electron chi connectivity index (χ3n) is 3.91. The first-order valence-corrected chi connectivity index (χ1v) is 8.49. The maximum Gasteiger partial charge on any atom is 0.159 e. The van der Waals surface area contributed by atoms with Crippen LogP contribution in [0, 0.1) is 0 Å². The molecule has 6 heteroatoms. The maximum absolute atomic E-state index is 6.21. The molecule has 0 spiro atoms. The SMILES string of the molecule is CCc1ccc(Nc2ncnc(NCc3ccccc3Cl)c2N)cc1. The molecule has 0 fully saturated rings. The molecular weight excluding hydrogens is 334 g/mol. The first kappa shape index (κ1) is 17.0. The van der Waals surface area contributed by atoms with Crippen LogP contribution < -0.4 is 16.4 Å². The summed E-state index contributed by atoms with van der Waals surface area (Å²) in [7, 11) is 0. The largest absolute Gasteiger partial charge is 0.393 e. The molecule has 2 aromatic carbocycles. The Labute approximate surface area is 152 Å². The summed E-state index contributed by atoms with van der Waals surface area (Å²) in [4.78, 5) is 8.46. The van der Waals surface area contributed by atoms with E-state index in [1.807, 2.05) is 36.4 Å². The van der Waals surface area contributed by atoms with Crippen LogP contribution in [0.1, 0.15) is 18.1 Å². The summed E-state index contributed by atoms with van der Waals surface area (Å²) >= 11 is 6.18. The monoisotopic (exact) mass is 353 g/mol. The topological polar surface area (TPSA) is 75.9 Å². The summed E-state index contributed by atoms with van der Waals surface area (Å²) < 4.78 is 0. The minimum Gasteiger partial charge on any atom is -0.393 e. The Morgan fingerprint density at radius 1 is 1.00 bits per heavy atom. The molecule has 25 heavy (non-hydrogen) atoms. The van der Waals surface area contributed by atoms with E-state index >= 15 is 0 Å². The van der Waals surface area contributed by atoms with E-state index in [2.05, 4.69) is 39.7 Å². The quantitative estimate of drug-likeness (QED) is 0.602. The van der Waals surface area contributed by atoms with Crippen LogP contribution in [0.2, 0.25) is 5.02 Å². The molecule has 0 radical (unpaired) electrons. The van der Waals surface area contributed by atoms with Crippen molar-refractivity contribution >= 4 is 34.6 Å². The Bertz CT molecular complexity index is 849. The fourth-order valence-corrected chi connectivity index (χ4v) is 2.62. The summed E-state index contributed by atoms with van der Waals surface area (Å²) in [6.07, 6.45) is 2.49. The lowest BCUT2D eigenvalue weighted by atomic mass is 10.1. The number of anilines is 4. The highest BCUT2D eigenvalue weighted by atomic mass is 35.5. The number of nitrogens with one attached hydrogen (secondary N) is 2. The molecule has 1 aromatic heterocycles. The lowest BCUT2D eigenvalue weighted by molar-refractivity contribution is 1.09. The lowest BCUT2D eigenvalue weighted by Gasteiger charge is -2.13. The highest BCUT2D eigenvalue weighted by molar-refractivity contribution is 6.31. The molecule has 0 saturated carbocycles. The van der Waals surface area contributed by atoms with Gasteiger partial charge in [-0.15, -0.1) is 0 Å². The van der Waals surface area contributed by atoms with Crippen LogP contribution in [0.15, 0.2) is 54.9 Å². The molecule has 0 atom stereocenters. The van der Waals surface area contributed by atoms with E-state index in [4.69, 9.17) is 17.3 Å². The number of nitrogen functional groups attached to an aromatic ring is 1. The third-order valence-corrected chi connectivity index (χ3v) is 4.28. The molecule has 4 N–H and O–H groups in total. The highest BCUT2D eigenvalue weighted by Crippen LogP contribution is 2.27. The molecule has 0 amide bonds. The number of aromatic nitrogens is 2. The van der Waals surface area contributed by atoms with Crippen LogP contribution in [0.3, 0.4) is 0 Å². The minimum absolute atomic E-state index is 0.467. The summed E-state index contributed by atoms with van der Waals surface area (Å²) in [6, 6.07) is 15.8. The molecule has 0 saturated heterocycles. The third kappa shape index (κ3) is 4.19. The van der Waals surface area contributed by atoms with Gasteiger partial charge >= 0.3 is 0 Å². The van der Waals surface area contributed by atoms with Crippen LogP contribution in [0.25, 0.3) is 0 Å². The molecule has 3 aromatic rings. The first-order valence-electron chi connectivity index (χ1n) is 8.11. The van der Waals surface area contributed by atoms with Gasteiger partial charge in [0.15, 0.2) is 11.6 Å². The fraction of sp³-hybridized carbons (Fsp3) is 0.158. The number of benzene rings is 2. The van der Waals surface area contributed by atoms with Crippen molar-refractivity contribution in [3.05, 3.63) is 71.0 Å². The van der Waals surface area contributed by atoms with Gasteiger partial charge < -0.3 is 16.4 Å². The molecule has 5 nitrogen and oxygen atoms in total. The number of aryl methyl sites for hydroxylation is 1. The predicted octanol–water partition coefficient (Wildman–Crippen LogP) is 4.63. The van der Waals surface area contributed by atoms with E-state index in [9.17, 15) is 0 Å². The van der Waals surface area contributed by atoms with Gasteiger partial charge in [0.05, 0.1) is 0 Å². The molecule has 1 heterocycles. The summed E-state index contributed by atoms with van der Waals surface area (Å²) in [6.45, 7) is 2.66. The molecule has 128 valence electrons. The second kappa shape index (κ2) is 7.85. The zero-order valence-electron chi connectivity index (χ0n) is 14.0. The fourth-order valence-electron chi connectivity index (χ4n) is 2.42. The van der Waals surface area contributed by atoms with E-state index in [0.29, 0.717) is 28.9 Å². The number of rotatable bonds is 6. The average Bonchev–Trinajstić information content (AvgIpc) is 2.64. The van der Waals surface area contributed by atoms with E-state index in [1.54, 1.807) is 0 Å². The Balaban J connectivity index is 1.74. The summed E-state index contributed by atoms with van der Waals surface area (Å²) in [5.74, 6) is 1.14. The van der Waals surface area contributed by atoms with Crippen LogP contribution in [-0.4, -0.2) is 9.97 Å². The van der Waals surface area contributed by atoms with Crippen LogP contribution in [-0.2, 0) is 13.0 Å². The van der Waals surface area contributed by atoms with Crippen molar-refractivity contribution in [3.63, 3.8) is 0 Å². The second-order valence-corrected chi connectivity index (χ2v) is 6.01. The van der Waals surface area contributed by atoms with Gasteiger partial charge in [0.25, 0.3) is 0 Å². The van der Waals surface area contributed by atoms with Crippen LogP contribution >= 0.6 is 11.6 Å². The molecule has 0 aliphatic heterocycles. The molecule has 0 aliphatic carbocycles. The Hall–Kier alpha value is -2.79. The van der Waals surface area contributed by atoms with Crippen LogP contribution in [0.4, 0.5) is 23.0 Å². The standard InChI is InChI=1S/C19H20ClN5/c1-2-13-7-9-15(10-8-13)25-19-17(21)18(23-12-24-19)22-11-14-5-3-4-6-16(14)20/h3-10,12H,2,11,21H2,1H3,(H2,22,23,24,25). The number of nitrogens with zero attached hydrogens (tertiary/aromatic N) is 2. The van der Waals surface area contributed by atoms with E-state index in [1.165, 1.54) is 11.9 Å². The van der Waals surface area contributed by atoms with Crippen molar-refractivity contribution in [2.75, 3.05) is 16.4 Å². The van der Waals surface area contributed by atoms with Crippen molar-refractivity contribution in [1.82, 2.24) is 9.97 Å². The van der Waals surface area contributed by atoms with Gasteiger partial charge in [-0.05, 0) is 35.7 Å². The van der Waals surface area contributed by atoms with Gasteiger partial charge in [0.1, 0.15) is 12.0 Å². The van der Waals surface area contributed by atoms with E-state index in [0.717, 1.165) is 17.7 Å². The second-order valence-electron chi connectivity index (χ2n) is 5.60. The predicted molar refractivity (Wildman–Crippen MR) is 104 cm³/mol. The molecule has 0 bridgehead atoms. The number of halogens is 1.